The first-order valence-electron chi connectivity index (χ1n) is 6.79. The monoisotopic (exact) mass is 255 g/mol. The van der Waals surface area contributed by atoms with Crippen LogP contribution in [-0.4, -0.2) is 13.6 Å². The van der Waals surface area contributed by atoms with Crippen molar-refractivity contribution >= 4 is 0 Å². The fourth-order valence-corrected chi connectivity index (χ4v) is 2.14. The van der Waals surface area contributed by atoms with Crippen LogP contribution in [0.4, 0.5) is 0 Å². The van der Waals surface area contributed by atoms with E-state index in [0.29, 0.717) is 0 Å². The molecule has 0 radical (unpaired) electrons. The van der Waals surface area contributed by atoms with E-state index in [1.165, 1.54) is 11.1 Å². The Labute approximate surface area is 115 Å². The van der Waals surface area contributed by atoms with E-state index < -0.39 is 0 Å². The third-order valence-corrected chi connectivity index (χ3v) is 3.18. The molecule has 0 bridgehead atoms. The van der Waals surface area contributed by atoms with Crippen molar-refractivity contribution in [1.29, 1.82) is 0 Å². The lowest BCUT2D eigenvalue weighted by Crippen LogP contribution is -2.22. The predicted molar refractivity (Wildman–Crippen MR) is 79.6 cm³/mol. The van der Waals surface area contributed by atoms with E-state index in [1.54, 1.807) is 0 Å². The smallest absolute Gasteiger partial charge is 0.136 e. The summed E-state index contributed by atoms with van der Waals surface area (Å²) in [4.78, 5) is 0. The molecule has 0 aliphatic carbocycles. The van der Waals surface area contributed by atoms with Crippen molar-refractivity contribution in [3.8, 4) is 5.75 Å². The molecule has 1 N–H and O–H groups in total. The summed E-state index contributed by atoms with van der Waals surface area (Å²) in [6.07, 6.45) is 1.02. The van der Waals surface area contributed by atoms with E-state index in [9.17, 15) is 0 Å². The van der Waals surface area contributed by atoms with Gasteiger partial charge in [0.2, 0.25) is 0 Å². The summed E-state index contributed by atoms with van der Waals surface area (Å²) in [7, 11) is 1.95. The minimum absolute atomic E-state index is 0.0406. The molecular formula is C17H21NO. The number of aryl methyl sites for hydroxylation is 1. The highest BCUT2D eigenvalue weighted by Gasteiger charge is 2.13. The number of likely N-dealkylation sites (N-methyl/N-ethyl adjacent to an activating group) is 1. The van der Waals surface area contributed by atoms with Gasteiger partial charge in [0.05, 0.1) is 0 Å². The van der Waals surface area contributed by atoms with Crippen LogP contribution in [0.1, 0.15) is 24.2 Å². The Balaban J connectivity index is 2.21. The van der Waals surface area contributed by atoms with Crippen LogP contribution in [-0.2, 0) is 6.42 Å². The van der Waals surface area contributed by atoms with Crippen molar-refractivity contribution in [3.63, 3.8) is 0 Å². The summed E-state index contributed by atoms with van der Waals surface area (Å²) < 4.78 is 6.20. The Morgan fingerprint density at radius 1 is 1.00 bits per heavy atom. The van der Waals surface area contributed by atoms with Gasteiger partial charge < -0.3 is 10.1 Å². The minimum atomic E-state index is 0.0406. The number of rotatable bonds is 6. The van der Waals surface area contributed by atoms with Gasteiger partial charge in [-0.2, -0.15) is 0 Å². The number of para-hydroxylation sites is 1. The predicted octanol–water partition coefficient (Wildman–Crippen LogP) is 3.59. The topological polar surface area (TPSA) is 21.3 Å². The Hall–Kier alpha value is -1.80. The molecule has 0 heterocycles. The SMILES string of the molecule is CCc1ccccc1OC(CNC)c1ccccc1. The molecule has 2 nitrogen and oxygen atoms in total. The fraction of sp³-hybridized carbons (Fsp3) is 0.294. The third kappa shape index (κ3) is 3.58. The highest BCUT2D eigenvalue weighted by Crippen LogP contribution is 2.25. The minimum Gasteiger partial charge on any atom is -0.484 e. The normalized spacial score (nSPS) is 12.1. The molecule has 0 spiro atoms. The van der Waals surface area contributed by atoms with Crippen LogP contribution in [0.25, 0.3) is 0 Å². The van der Waals surface area contributed by atoms with Gasteiger partial charge in [-0.25, -0.2) is 0 Å². The molecule has 0 aliphatic rings. The van der Waals surface area contributed by atoms with Crippen LogP contribution >= 0.6 is 0 Å². The van der Waals surface area contributed by atoms with Crippen molar-refractivity contribution in [2.45, 2.75) is 19.4 Å². The molecule has 0 aromatic heterocycles. The van der Waals surface area contributed by atoms with Gasteiger partial charge in [0.1, 0.15) is 11.9 Å². The van der Waals surface area contributed by atoms with Gasteiger partial charge in [0.25, 0.3) is 0 Å². The maximum absolute atomic E-state index is 6.20. The summed E-state index contributed by atoms with van der Waals surface area (Å²) in [5.41, 5.74) is 2.45. The summed E-state index contributed by atoms with van der Waals surface area (Å²) in [6, 6.07) is 18.6. The van der Waals surface area contributed by atoms with Crippen LogP contribution in [0.15, 0.2) is 54.6 Å². The van der Waals surface area contributed by atoms with E-state index in [2.05, 4.69) is 36.5 Å². The van der Waals surface area contributed by atoms with E-state index in [0.717, 1.165) is 18.7 Å². The molecule has 0 saturated carbocycles. The number of ether oxygens (including phenoxy) is 1. The largest absolute Gasteiger partial charge is 0.484 e. The molecule has 2 heteroatoms. The molecule has 100 valence electrons. The number of hydrogen-bond acceptors (Lipinski definition) is 2. The summed E-state index contributed by atoms with van der Waals surface area (Å²) >= 11 is 0. The first-order chi connectivity index (χ1) is 9.35. The summed E-state index contributed by atoms with van der Waals surface area (Å²) in [5.74, 6) is 0.981. The lowest BCUT2D eigenvalue weighted by Gasteiger charge is -2.21. The lowest BCUT2D eigenvalue weighted by molar-refractivity contribution is 0.203. The third-order valence-electron chi connectivity index (χ3n) is 3.18. The van der Waals surface area contributed by atoms with Crippen molar-refractivity contribution in [1.82, 2.24) is 5.32 Å². The van der Waals surface area contributed by atoms with E-state index in [-0.39, 0.29) is 6.10 Å². The van der Waals surface area contributed by atoms with Gasteiger partial charge in [0.15, 0.2) is 0 Å². The van der Waals surface area contributed by atoms with Crippen molar-refractivity contribution < 1.29 is 4.74 Å². The Morgan fingerprint density at radius 3 is 2.37 bits per heavy atom. The summed E-state index contributed by atoms with van der Waals surface area (Å²) in [5, 5.41) is 3.20. The molecule has 0 fully saturated rings. The van der Waals surface area contributed by atoms with Crippen LogP contribution in [0, 0.1) is 0 Å². The van der Waals surface area contributed by atoms with E-state index >= 15 is 0 Å². The van der Waals surface area contributed by atoms with Crippen LogP contribution < -0.4 is 10.1 Å². The van der Waals surface area contributed by atoms with Crippen molar-refractivity contribution in [2.24, 2.45) is 0 Å². The first kappa shape index (κ1) is 13.6. The molecule has 0 saturated heterocycles. The maximum atomic E-state index is 6.20. The van der Waals surface area contributed by atoms with Gasteiger partial charge >= 0.3 is 0 Å². The average Bonchev–Trinajstić information content (AvgIpc) is 2.48. The molecule has 0 aliphatic heterocycles. The van der Waals surface area contributed by atoms with Gasteiger partial charge in [-0.05, 0) is 30.7 Å². The quantitative estimate of drug-likeness (QED) is 0.851. The number of hydrogen-bond donors (Lipinski definition) is 1. The molecule has 0 amide bonds. The Morgan fingerprint density at radius 2 is 1.68 bits per heavy atom. The van der Waals surface area contributed by atoms with Crippen LogP contribution in [0.5, 0.6) is 5.75 Å². The molecule has 1 atom stereocenters. The number of nitrogens with one attached hydrogen (secondary N) is 1. The van der Waals surface area contributed by atoms with E-state index in [4.69, 9.17) is 4.74 Å². The molecular weight excluding hydrogens is 234 g/mol. The van der Waals surface area contributed by atoms with Gasteiger partial charge in [-0.15, -0.1) is 0 Å². The molecule has 1 unspecified atom stereocenters. The van der Waals surface area contributed by atoms with Crippen molar-refractivity contribution in [2.75, 3.05) is 13.6 Å². The Kier molecular flexibility index (Phi) is 4.99. The van der Waals surface area contributed by atoms with Crippen LogP contribution in [0.2, 0.25) is 0 Å². The highest BCUT2D eigenvalue weighted by molar-refractivity contribution is 5.34. The molecule has 2 rings (SSSR count). The first-order valence-corrected chi connectivity index (χ1v) is 6.79. The summed E-state index contributed by atoms with van der Waals surface area (Å²) in [6.45, 7) is 2.94. The number of benzene rings is 2. The highest BCUT2D eigenvalue weighted by atomic mass is 16.5. The molecule has 2 aromatic rings. The zero-order chi connectivity index (χ0) is 13.5. The standard InChI is InChI=1S/C17H21NO/c1-3-14-9-7-8-12-16(14)19-17(13-18-2)15-10-5-4-6-11-15/h4-12,17-18H,3,13H2,1-2H3. The van der Waals surface area contributed by atoms with E-state index in [1.807, 2.05) is 37.4 Å². The average molecular weight is 255 g/mol. The Bertz CT molecular complexity index is 496. The zero-order valence-electron chi connectivity index (χ0n) is 11.6. The second kappa shape index (κ2) is 6.95. The fourth-order valence-electron chi connectivity index (χ4n) is 2.14. The van der Waals surface area contributed by atoms with Crippen LogP contribution in [0.3, 0.4) is 0 Å². The zero-order valence-corrected chi connectivity index (χ0v) is 11.6. The molecule has 2 aromatic carbocycles. The van der Waals surface area contributed by atoms with Crippen molar-refractivity contribution in [3.05, 3.63) is 65.7 Å². The molecule has 19 heavy (non-hydrogen) atoms. The van der Waals surface area contributed by atoms with Gasteiger partial charge in [-0.3, -0.25) is 0 Å². The maximum Gasteiger partial charge on any atom is 0.136 e. The lowest BCUT2D eigenvalue weighted by atomic mass is 10.1. The van der Waals surface area contributed by atoms with Gasteiger partial charge in [0, 0.05) is 6.54 Å². The second-order valence-electron chi connectivity index (χ2n) is 4.54. The second-order valence-corrected chi connectivity index (χ2v) is 4.54. The van der Waals surface area contributed by atoms with Gasteiger partial charge in [-0.1, -0.05) is 55.5 Å².